The second kappa shape index (κ2) is 18.3. The summed E-state index contributed by atoms with van der Waals surface area (Å²) in [7, 11) is -1.34. The monoisotopic (exact) mass is 1020 g/mol. The molecule has 0 aliphatic heterocycles. The van der Waals surface area contributed by atoms with Crippen LogP contribution in [0.1, 0.15) is 69.8 Å². The zero-order valence-corrected chi connectivity index (χ0v) is 41.9. The van der Waals surface area contributed by atoms with E-state index >= 15 is 0 Å². The van der Waals surface area contributed by atoms with E-state index in [1.54, 1.807) is 0 Å². The summed E-state index contributed by atoms with van der Waals surface area (Å²) < 4.78 is 8.84. The molecule has 0 aliphatic rings. The molecule has 0 saturated carbocycles. The van der Waals surface area contributed by atoms with Gasteiger partial charge < -0.3 is 14.0 Å². The van der Waals surface area contributed by atoms with Crippen molar-refractivity contribution in [2.45, 2.75) is 87.4 Å². The predicted octanol–water partition coefficient (Wildman–Crippen LogP) is 14.5. The van der Waals surface area contributed by atoms with Gasteiger partial charge in [0.05, 0.1) is 30.5 Å². The number of nitrogens with zero attached hydrogens (tertiary/aromatic N) is 4. The molecule has 0 spiro atoms. The SMILES string of the molecule is CC(C)Cc1cc(-c2[c-]cccc2)ncc1[Si](C)(C)C.Cc1cc(-c2ccccc2)cc(C)c1-n1c(-c2[c-]ccc3c2oc2nc(C(C)C(C)(C)C)ccc23)nc2ccccc21.[Ir]. The number of pyridine rings is 2. The van der Waals surface area contributed by atoms with E-state index in [1.807, 2.05) is 30.3 Å². The zero-order chi connectivity index (χ0) is 43.9. The molecule has 0 saturated heterocycles. The summed E-state index contributed by atoms with van der Waals surface area (Å²) in [5.41, 5.74) is 14.9. The first kappa shape index (κ1) is 45.6. The van der Waals surface area contributed by atoms with Crippen molar-refractivity contribution in [1.29, 1.82) is 0 Å². The van der Waals surface area contributed by atoms with Gasteiger partial charge in [-0.25, -0.2) is 4.98 Å². The number of para-hydroxylation sites is 2. The van der Waals surface area contributed by atoms with E-state index in [-0.39, 0.29) is 31.4 Å². The zero-order valence-electron chi connectivity index (χ0n) is 38.5. The normalized spacial score (nSPS) is 12.4. The minimum atomic E-state index is -1.34. The Morgan fingerprint density at radius 2 is 1.43 bits per heavy atom. The van der Waals surface area contributed by atoms with E-state index in [0.717, 1.165) is 67.8 Å². The summed E-state index contributed by atoms with van der Waals surface area (Å²) in [6.45, 7) is 25.1. The molecule has 0 aliphatic carbocycles. The molecule has 5 aromatic carbocycles. The maximum atomic E-state index is 6.57. The molecule has 0 bridgehead atoms. The second-order valence-electron chi connectivity index (χ2n) is 19.3. The number of rotatable bonds is 8. The maximum Gasteiger partial charge on any atom is 0.216 e. The van der Waals surface area contributed by atoms with Gasteiger partial charge in [-0.15, -0.1) is 54.1 Å². The molecule has 7 heteroatoms. The number of benzene rings is 5. The summed E-state index contributed by atoms with van der Waals surface area (Å²) >= 11 is 0. The Morgan fingerprint density at radius 3 is 2.10 bits per heavy atom. The molecule has 0 amide bonds. The summed E-state index contributed by atoms with van der Waals surface area (Å²) in [5.74, 6) is 1.76. The Hall–Kier alpha value is -5.46. The summed E-state index contributed by atoms with van der Waals surface area (Å²) in [5, 5.41) is 3.52. The van der Waals surface area contributed by atoms with Crippen molar-refractivity contribution in [1.82, 2.24) is 19.5 Å². The Balaban J connectivity index is 0.000000239. The molecule has 0 fully saturated rings. The smallest absolute Gasteiger partial charge is 0.216 e. The van der Waals surface area contributed by atoms with Crippen LogP contribution >= 0.6 is 0 Å². The predicted molar refractivity (Wildman–Crippen MR) is 263 cm³/mol. The van der Waals surface area contributed by atoms with Gasteiger partial charge in [-0.1, -0.05) is 126 Å². The Labute approximate surface area is 388 Å². The van der Waals surface area contributed by atoms with Crippen LogP contribution in [0.15, 0.2) is 132 Å². The number of hydrogen-bond acceptors (Lipinski definition) is 4. The quantitative estimate of drug-likeness (QED) is 0.112. The van der Waals surface area contributed by atoms with Crippen LogP contribution in [-0.4, -0.2) is 27.6 Å². The first-order valence-corrected chi connectivity index (χ1v) is 25.4. The minimum Gasteiger partial charge on any atom is -0.486 e. The number of aromatic nitrogens is 4. The molecule has 4 heterocycles. The first-order chi connectivity index (χ1) is 29.6. The maximum absolute atomic E-state index is 6.57. The van der Waals surface area contributed by atoms with Crippen molar-refractivity contribution in [2.24, 2.45) is 11.3 Å². The first-order valence-electron chi connectivity index (χ1n) is 21.9. The van der Waals surface area contributed by atoms with Crippen molar-refractivity contribution in [3.05, 3.63) is 162 Å². The molecule has 1 unspecified atom stereocenters. The third kappa shape index (κ3) is 9.43. The van der Waals surface area contributed by atoms with Gasteiger partial charge in [0, 0.05) is 49.0 Å². The standard InChI is InChI=1S/C38H34N3O.C18H24NSi.Ir/c1-23-21-27(26-13-8-7-9-14-26)22-24(2)34(23)41-33-18-11-10-17-32(33)39-36(41)30-16-12-15-28-29-19-20-31(25(3)38(4,5)6)40-37(29)42-35(28)30;1-14(2)11-16-12-17(15-9-7-6-8-10-15)19-13-18(16)20(3,4)5;/h7-15,17-22,25H,1-6H3;6-9,12-14H,11H2,1-5H3;/q2*-1;. The van der Waals surface area contributed by atoms with Gasteiger partial charge >= 0.3 is 0 Å². The number of fused-ring (bicyclic) bond motifs is 4. The van der Waals surface area contributed by atoms with Crippen LogP contribution in [-0.2, 0) is 26.5 Å². The average molecular weight is 1020 g/mol. The van der Waals surface area contributed by atoms with E-state index in [9.17, 15) is 0 Å². The van der Waals surface area contributed by atoms with E-state index in [4.69, 9.17) is 14.4 Å². The molecule has 1 atom stereocenters. The number of aryl methyl sites for hydroxylation is 2. The van der Waals surface area contributed by atoms with Crippen LogP contribution in [0.25, 0.3) is 72.6 Å². The van der Waals surface area contributed by atoms with Gasteiger partial charge in [0.1, 0.15) is 0 Å². The Bertz CT molecular complexity index is 3000. The van der Waals surface area contributed by atoms with Crippen LogP contribution < -0.4 is 5.19 Å². The van der Waals surface area contributed by atoms with Crippen LogP contribution in [0.5, 0.6) is 0 Å². The Kier molecular flexibility index (Phi) is 13.3. The van der Waals surface area contributed by atoms with Crippen molar-refractivity contribution in [2.75, 3.05) is 0 Å². The topological polar surface area (TPSA) is 56.7 Å². The number of furan rings is 1. The molecule has 1 radical (unpaired) electrons. The van der Waals surface area contributed by atoms with Crippen molar-refractivity contribution in [3.63, 3.8) is 0 Å². The Morgan fingerprint density at radius 1 is 0.730 bits per heavy atom. The van der Waals surface area contributed by atoms with E-state index in [0.29, 0.717) is 11.6 Å². The van der Waals surface area contributed by atoms with Crippen molar-refractivity contribution in [3.8, 4) is 39.5 Å². The van der Waals surface area contributed by atoms with E-state index in [1.165, 1.54) is 33.0 Å². The molecule has 0 N–H and O–H groups in total. The van der Waals surface area contributed by atoms with Crippen molar-refractivity contribution >= 4 is 46.4 Å². The van der Waals surface area contributed by atoms with Crippen LogP contribution in [0.3, 0.4) is 0 Å². The van der Waals surface area contributed by atoms with Crippen LogP contribution in [0.4, 0.5) is 0 Å². The second-order valence-corrected chi connectivity index (χ2v) is 24.3. The van der Waals surface area contributed by atoms with Gasteiger partial charge in [0.25, 0.3) is 0 Å². The third-order valence-corrected chi connectivity index (χ3v) is 14.1. The van der Waals surface area contributed by atoms with Gasteiger partial charge in [0.15, 0.2) is 0 Å². The van der Waals surface area contributed by atoms with Gasteiger partial charge in [-0.2, -0.15) is 0 Å². The fourth-order valence-electron chi connectivity index (χ4n) is 8.49. The van der Waals surface area contributed by atoms with Gasteiger partial charge in [-0.3, -0.25) is 4.98 Å². The number of hydrogen-bond donors (Lipinski definition) is 0. The summed E-state index contributed by atoms with van der Waals surface area (Å²) in [6, 6.07) is 48.8. The van der Waals surface area contributed by atoms with Crippen molar-refractivity contribution < 1.29 is 24.5 Å². The fourth-order valence-corrected chi connectivity index (χ4v) is 10.1. The number of imidazole rings is 1. The molecule has 5 nitrogen and oxygen atoms in total. The fraction of sp³-hybridized carbons (Fsp3) is 0.268. The summed E-state index contributed by atoms with van der Waals surface area (Å²) in [6.07, 6.45) is 3.24. The molecular weight excluding hydrogens is 965 g/mol. The molecule has 9 rings (SSSR count). The van der Waals surface area contributed by atoms with Crippen LogP contribution in [0, 0.1) is 37.3 Å². The summed E-state index contributed by atoms with van der Waals surface area (Å²) in [4.78, 5) is 14.9. The molecule has 4 aromatic heterocycles. The largest absolute Gasteiger partial charge is 0.486 e. The third-order valence-electron chi connectivity index (χ3n) is 12.1. The minimum absolute atomic E-state index is 0. The molecule has 323 valence electrons. The average Bonchev–Trinajstić information content (AvgIpc) is 3.81. The van der Waals surface area contributed by atoms with Gasteiger partial charge in [0.2, 0.25) is 5.71 Å². The molecule has 9 aromatic rings. The van der Waals surface area contributed by atoms with E-state index < -0.39 is 8.07 Å². The van der Waals surface area contributed by atoms with Gasteiger partial charge in [-0.05, 0) is 101 Å². The molecule has 63 heavy (non-hydrogen) atoms. The molecular formula is C56H58IrN4OSi-2. The van der Waals surface area contributed by atoms with Crippen LogP contribution in [0.2, 0.25) is 19.6 Å². The van der Waals surface area contributed by atoms with E-state index in [2.05, 4.69) is 194 Å².